The summed E-state index contributed by atoms with van der Waals surface area (Å²) in [6, 6.07) is 18.0. The third-order valence-electron chi connectivity index (χ3n) is 5.13. The van der Waals surface area contributed by atoms with Crippen LogP contribution in [0.3, 0.4) is 0 Å². The van der Waals surface area contributed by atoms with Crippen LogP contribution in [-0.2, 0) is 10.1 Å². The molecule has 0 N–H and O–H groups in total. The van der Waals surface area contributed by atoms with Crippen LogP contribution in [0.1, 0.15) is 30.7 Å². The summed E-state index contributed by atoms with van der Waals surface area (Å²) in [5.41, 5.74) is 2.16. The first-order valence-electron chi connectivity index (χ1n) is 7.73. The molecule has 0 amide bonds. The molecule has 0 spiro atoms. The van der Waals surface area contributed by atoms with Gasteiger partial charge in [0.25, 0.3) is 0 Å². The topological polar surface area (TPSA) is 35.4 Å². The zero-order chi connectivity index (χ0) is 15.2. The Morgan fingerprint density at radius 2 is 1.91 bits per heavy atom. The van der Waals surface area contributed by atoms with Crippen molar-refractivity contribution in [3.63, 3.8) is 0 Å². The van der Waals surface area contributed by atoms with Crippen LogP contribution >= 0.6 is 0 Å². The monoisotopic (exact) mass is 309 g/mol. The molecule has 0 aromatic heterocycles. The van der Waals surface area contributed by atoms with Crippen LogP contribution in [0, 0.1) is 0 Å². The van der Waals surface area contributed by atoms with E-state index < -0.39 is 10.1 Å². The number of rotatable bonds is 3. The van der Waals surface area contributed by atoms with Gasteiger partial charge in [0.2, 0.25) is 0 Å². The Bertz CT molecular complexity index is 783. The molecule has 1 saturated carbocycles. The van der Waals surface area contributed by atoms with Gasteiger partial charge < -0.3 is 4.55 Å². The van der Waals surface area contributed by atoms with Gasteiger partial charge in [0.1, 0.15) is 15.3 Å². The van der Waals surface area contributed by atoms with Crippen molar-refractivity contribution < 1.29 is 4.55 Å². The first-order valence-corrected chi connectivity index (χ1v) is 9.24. The Morgan fingerprint density at radius 3 is 2.59 bits per heavy atom. The van der Waals surface area contributed by atoms with Crippen LogP contribution in [-0.4, -0.2) is 9.30 Å². The Morgan fingerprint density at radius 1 is 1.18 bits per heavy atom. The summed E-state index contributed by atoms with van der Waals surface area (Å²) in [4.78, 5) is 0.857. The lowest BCUT2D eigenvalue weighted by Gasteiger charge is -2.55. The molecule has 1 aliphatic carbocycles. The molecule has 1 heterocycles. The second-order valence-corrected chi connectivity index (χ2v) is 8.66. The SMILES string of the molecule is C=CC[C@]12CC[C@H]1c1ccccc1N=[S+]2([O-])c1ccccc1. The number of benzene rings is 2. The zero-order valence-electron chi connectivity index (χ0n) is 12.4. The molecule has 22 heavy (non-hydrogen) atoms. The zero-order valence-corrected chi connectivity index (χ0v) is 13.3. The highest BCUT2D eigenvalue weighted by Crippen LogP contribution is 2.62. The summed E-state index contributed by atoms with van der Waals surface area (Å²) in [6.45, 7) is 3.92. The average Bonchev–Trinajstić information content (AvgIpc) is 2.53. The van der Waals surface area contributed by atoms with E-state index in [-0.39, 0.29) is 4.75 Å². The first-order chi connectivity index (χ1) is 10.7. The minimum absolute atomic E-state index is 0.287. The van der Waals surface area contributed by atoms with E-state index >= 15 is 0 Å². The maximum absolute atomic E-state index is 14.1. The Kier molecular flexibility index (Phi) is 3.10. The first kappa shape index (κ1) is 13.9. The molecule has 112 valence electrons. The molecule has 3 heteroatoms. The number of hydrogen-bond donors (Lipinski definition) is 0. The summed E-state index contributed by atoms with van der Waals surface area (Å²) in [5, 5.41) is 0. The second-order valence-electron chi connectivity index (χ2n) is 6.14. The summed E-state index contributed by atoms with van der Waals surface area (Å²) in [7, 11) is -2.49. The van der Waals surface area contributed by atoms with E-state index in [0.29, 0.717) is 5.92 Å². The molecule has 2 aliphatic rings. The molecule has 1 unspecified atom stereocenters. The van der Waals surface area contributed by atoms with Gasteiger partial charge in [-0.25, -0.2) is 0 Å². The molecule has 2 nitrogen and oxygen atoms in total. The number of nitrogens with zero attached hydrogens (tertiary/aromatic N) is 1. The molecule has 3 atom stereocenters. The molecule has 0 bridgehead atoms. The van der Waals surface area contributed by atoms with E-state index in [9.17, 15) is 4.55 Å². The highest BCUT2D eigenvalue weighted by atomic mass is 32.3. The molecular weight excluding hydrogens is 290 g/mol. The van der Waals surface area contributed by atoms with Crippen molar-refractivity contribution in [3.8, 4) is 0 Å². The number of allylic oxidation sites excluding steroid dienone is 1. The van der Waals surface area contributed by atoms with Crippen LogP contribution < -0.4 is 0 Å². The minimum Gasteiger partial charge on any atom is -0.626 e. The molecule has 4 rings (SSSR count). The standard InChI is InChI=1S/C19H19NOS/c1-2-13-19-14-12-17(19)16-10-6-7-11-18(16)20-22(19,21)15-8-4-3-5-9-15/h2-11,17H,1,12-14H2/t17-,19-,22?/m0/s1. The fourth-order valence-corrected chi connectivity index (χ4v) is 7.06. The summed E-state index contributed by atoms with van der Waals surface area (Å²) >= 11 is 0. The van der Waals surface area contributed by atoms with Crippen molar-refractivity contribution in [2.45, 2.75) is 34.8 Å². The summed E-state index contributed by atoms with van der Waals surface area (Å²) in [5.74, 6) is 0.326. The Balaban J connectivity index is 2.02. The lowest BCUT2D eigenvalue weighted by atomic mass is 9.67. The molecule has 2 aromatic rings. The van der Waals surface area contributed by atoms with Gasteiger partial charge in [0.05, 0.1) is 0 Å². The van der Waals surface area contributed by atoms with E-state index in [2.05, 4.69) is 18.7 Å². The lowest BCUT2D eigenvalue weighted by Crippen LogP contribution is -2.56. The highest BCUT2D eigenvalue weighted by Gasteiger charge is 2.60. The Hall–Kier alpha value is -1.71. The maximum Gasteiger partial charge on any atom is 0.137 e. The van der Waals surface area contributed by atoms with E-state index in [4.69, 9.17) is 4.36 Å². The van der Waals surface area contributed by atoms with Gasteiger partial charge in [-0.2, -0.15) is 0 Å². The average molecular weight is 309 g/mol. The van der Waals surface area contributed by atoms with Gasteiger partial charge in [0, 0.05) is 12.3 Å². The molecule has 0 saturated heterocycles. The largest absolute Gasteiger partial charge is 0.626 e. The van der Waals surface area contributed by atoms with Gasteiger partial charge >= 0.3 is 0 Å². The number of fused-ring (bicyclic) bond motifs is 3. The molecule has 2 aromatic carbocycles. The predicted molar refractivity (Wildman–Crippen MR) is 90.9 cm³/mol. The van der Waals surface area contributed by atoms with E-state index in [1.807, 2.05) is 48.5 Å². The van der Waals surface area contributed by atoms with E-state index in [1.165, 1.54) is 5.56 Å². The van der Waals surface area contributed by atoms with Crippen LogP contribution in [0.15, 0.2) is 76.5 Å². The number of hydrogen-bond acceptors (Lipinski definition) is 2. The Labute approximate surface area is 132 Å². The van der Waals surface area contributed by atoms with Crippen molar-refractivity contribution in [1.82, 2.24) is 0 Å². The highest BCUT2D eigenvalue weighted by molar-refractivity contribution is 8.01. The normalized spacial score (nSPS) is 32.1. The van der Waals surface area contributed by atoms with Crippen molar-refractivity contribution in [1.29, 1.82) is 0 Å². The fraction of sp³-hybridized carbons (Fsp3) is 0.263. The van der Waals surface area contributed by atoms with Gasteiger partial charge in [0.15, 0.2) is 0 Å². The van der Waals surface area contributed by atoms with Gasteiger partial charge in [-0.05, 0) is 46.7 Å². The molecule has 1 aliphatic heterocycles. The van der Waals surface area contributed by atoms with Crippen molar-refractivity contribution in [3.05, 3.63) is 72.8 Å². The third kappa shape index (κ3) is 1.67. The fourth-order valence-electron chi connectivity index (χ4n) is 3.97. The van der Waals surface area contributed by atoms with Crippen molar-refractivity contribution in [2.24, 2.45) is 4.36 Å². The summed E-state index contributed by atoms with van der Waals surface area (Å²) < 4.78 is 18.6. The van der Waals surface area contributed by atoms with Crippen LogP contribution in [0.2, 0.25) is 0 Å². The molecular formula is C19H19NOS. The van der Waals surface area contributed by atoms with E-state index in [0.717, 1.165) is 29.8 Å². The second kappa shape index (κ2) is 4.90. The quantitative estimate of drug-likeness (QED) is 0.577. The van der Waals surface area contributed by atoms with E-state index in [1.54, 1.807) is 0 Å². The molecule has 1 fully saturated rings. The van der Waals surface area contributed by atoms with Crippen molar-refractivity contribution in [2.75, 3.05) is 0 Å². The van der Waals surface area contributed by atoms with Gasteiger partial charge in [-0.1, -0.05) is 42.5 Å². The van der Waals surface area contributed by atoms with Gasteiger partial charge in [-0.3, -0.25) is 0 Å². The smallest absolute Gasteiger partial charge is 0.137 e. The maximum atomic E-state index is 14.1. The molecule has 0 radical (unpaired) electrons. The summed E-state index contributed by atoms with van der Waals surface area (Å²) in [6.07, 6.45) is 4.71. The van der Waals surface area contributed by atoms with Crippen LogP contribution in [0.4, 0.5) is 5.69 Å². The van der Waals surface area contributed by atoms with Crippen LogP contribution in [0.5, 0.6) is 0 Å². The minimum atomic E-state index is -2.49. The van der Waals surface area contributed by atoms with Crippen molar-refractivity contribution >= 4 is 15.8 Å². The van der Waals surface area contributed by atoms with Gasteiger partial charge in [-0.15, -0.1) is 10.9 Å². The predicted octanol–water partition coefficient (Wildman–Crippen LogP) is 5.05. The third-order valence-corrected chi connectivity index (χ3v) is 8.26. The lowest BCUT2D eigenvalue weighted by molar-refractivity contribution is 0.274. The van der Waals surface area contributed by atoms with Crippen LogP contribution in [0.25, 0.3) is 0 Å².